The third-order valence-electron chi connectivity index (χ3n) is 3.38. The SMILES string of the molecule is NS(=O)(=O)OCC(COC(=O)N1CCOCC1)c1ccccc1. The smallest absolute Gasteiger partial charge is 0.409 e. The number of amides is 1. The molecule has 1 atom stereocenters. The molecule has 0 radical (unpaired) electrons. The maximum atomic E-state index is 12.0. The van der Waals surface area contributed by atoms with Gasteiger partial charge in [-0.1, -0.05) is 30.3 Å². The average Bonchev–Trinajstić information content (AvgIpc) is 2.55. The van der Waals surface area contributed by atoms with E-state index in [4.69, 9.17) is 14.6 Å². The van der Waals surface area contributed by atoms with E-state index >= 15 is 0 Å². The van der Waals surface area contributed by atoms with Gasteiger partial charge in [-0.05, 0) is 5.56 Å². The number of ether oxygens (including phenoxy) is 2. The Bertz CT molecular complexity index is 601. The van der Waals surface area contributed by atoms with Crippen molar-refractivity contribution < 1.29 is 26.9 Å². The fraction of sp³-hybridized carbons (Fsp3) is 0.500. The first kappa shape index (κ1) is 17.7. The van der Waals surface area contributed by atoms with E-state index in [-0.39, 0.29) is 13.2 Å². The van der Waals surface area contributed by atoms with Crippen LogP contribution in [0.25, 0.3) is 0 Å². The predicted molar refractivity (Wildman–Crippen MR) is 82.0 cm³/mol. The number of benzene rings is 1. The van der Waals surface area contributed by atoms with Gasteiger partial charge in [0.05, 0.1) is 19.8 Å². The molecule has 1 aromatic carbocycles. The lowest BCUT2D eigenvalue weighted by Gasteiger charge is -2.27. The second-order valence-corrected chi connectivity index (χ2v) is 6.28. The molecule has 0 aromatic heterocycles. The first-order valence-corrected chi connectivity index (χ1v) is 8.64. The molecule has 1 aliphatic rings. The Labute approximate surface area is 135 Å². The summed E-state index contributed by atoms with van der Waals surface area (Å²) < 4.78 is 37.1. The number of nitrogens with zero attached hydrogens (tertiary/aromatic N) is 1. The van der Waals surface area contributed by atoms with Crippen LogP contribution in [0.1, 0.15) is 11.5 Å². The quantitative estimate of drug-likeness (QED) is 0.803. The molecule has 0 bridgehead atoms. The van der Waals surface area contributed by atoms with Gasteiger partial charge < -0.3 is 14.4 Å². The van der Waals surface area contributed by atoms with E-state index in [2.05, 4.69) is 4.18 Å². The maximum absolute atomic E-state index is 12.0. The molecule has 1 unspecified atom stereocenters. The average molecular weight is 344 g/mol. The van der Waals surface area contributed by atoms with E-state index in [0.29, 0.717) is 26.3 Å². The van der Waals surface area contributed by atoms with Gasteiger partial charge in [0.1, 0.15) is 6.61 Å². The summed E-state index contributed by atoms with van der Waals surface area (Å²) in [4.78, 5) is 13.5. The van der Waals surface area contributed by atoms with Crippen LogP contribution >= 0.6 is 0 Å². The highest BCUT2D eigenvalue weighted by Crippen LogP contribution is 2.17. The normalized spacial score (nSPS) is 16.8. The third kappa shape index (κ3) is 6.14. The molecule has 1 aliphatic heterocycles. The summed E-state index contributed by atoms with van der Waals surface area (Å²) in [5, 5.41) is 4.85. The van der Waals surface area contributed by atoms with Crippen molar-refractivity contribution in [2.75, 3.05) is 39.5 Å². The Morgan fingerprint density at radius 3 is 2.48 bits per heavy atom. The van der Waals surface area contributed by atoms with Crippen molar-refractivity contribution in [3.63, 3.8) is 0 Å². The molecule has 0 spiro atoms. The molecule has 0 aliphatic carbocycles. The van der Waals surface area contributed by atoms with Crippen molar-refractivity contribution in [3.05, 3.63) is 35.9 Å². The van der Waals surface area contributed by atoms with Gasteiger partial charge in [-0.15, -0.1) is 0 Å². The van der Waals surface area contributed by atoms with Crippen molar-refractivity contribution >= 4 is 16.4 Å². The fourth-order valence-corrected chi connectivity index (χ4v) is 2.51. The summed E-state index contributed by atoms with van der Waals surface area (Å²) in [5.41, 5.74) is 0.797. The van der Waals surface area contributed by atoms with Crippen LogP contribution in [0.2, 0.25) is 0 Å². The summed E-state index contributed by atoms with van der Waals surface area (Å²) in [6.07, 6.45) is -0.454. The van der Waals surface area contributed by atoms with Crippen LogP contribution in [0.5, 0.6) is 0 Å². The van der Waals surface area contributed by atoms with E-state index in [0.717, 1.165) is 5.56 Å². The summed E-state index contributed by atoms with van der Waals surface area (Å²) in [7, 11) is -4.05. The highest BCUT2D eigenvalue weighted by Gasteiger charge is 2.21. The van der Waals surface area contributed by atoms with Crippen LogP contribution in [0.15, 0.2) is 30.3 Å². The molecular weight excluding hydrogens is 324 g/mol. The standard InChI is InChI=1S/C14H20N2O6S/c15-23(18,19)22-11-13(12-4-2-1-3-5-12)10-21-14(17)16-6-8-20-9-7-16/h1-5,13H,6-11H2,(H2,15,18,19). The van der Waals surface area contributed by atoms with Crippen LogP contribution in [0.3, 0.4) is 0 Å². The molecule has 1 amide bonds. The lowest BCUT2D eigenvalue weighted by molar-refractivity contribution is 0.0243. The molecular formula is C14H20N2O6S. The lowest BCUT2D eigenvalue weighted by Crippen LogP contribution is -2.41. The third-order valence-corrected chi connectivity index (χ3v) is 3.85. The van der Waals surface area contributed by atoms with Gasteiger partial charge in [0, 0.05) is 19.0 Å². The fourth-order valence-electron chi connectivity index (χ4n) is 2.15. The Morgan fingerprint density at radius 2 is 1.87 bits per heavy atom. The van der Waals surface area contributed by atoms with Crippen molar-refractivity contribution in [2.24, 2.45) is 5.14 Å². The molecule has 2 rings (SSSR count). The zero-order valence-electron chi connectivity index (χ0n) is 12.6. The number of rotatable bonds is 6. The number of carbonyl (C=O) groups excluding carboxylic acids is 1. The van der Waals surface area contributed by atoms with E-state index in [1.807, 2.05) is 18.2 Å². The molecule has 1 saturated heterocycles. The predicted octanol–water partition coefficient (Wildman–Crippen LogP) is 0.459. The zero-order valence-corrected chi connectivity index (χ0v) is 13.4. The molecule has 1 heterocycles. The Kier molecular flexibility index (Phi) is 6.34. The molecule has 2 N–H and O–H groups in total. The molecule has 9 heteroatoms. The summed E-state index contributed by atoms with van der Waals surface area (Å²) in [6.45, 7) is 1.71. The van der Waals surface area contributed by atoms with Crippen molar-refractivity contribution in [1.29, 1.82) is 0 Å². The molecule has 8 nitrogen and oxygen atoms in total. The van der Waals surface area contributed by atoms with Crippen LogP contribution < -0.4 is 5.14 Å². The number of morpholine rings is 1. The van der Waals surface area contributed by atoms with Gasteiger partial charge in [0.25, 0.3) is 0 Å². The largest absolute Gasteiger partial charge is 0.449 e. The van der Waals surface area contributed by atoms with Gasteiger partial charge in [0.15, 0.2) is 0 Å². The summed E-state index contributed by atoms with van der Waals surface area (Å²) in [5.74, 6) is -0.431. The van der Waals surface area contributed by atoms with Gasteiger partial charge in [-0.25, -0.2) is 9.93 Å². The second kappa shape index (κ2) is 8.25. The molecule has 1 fully saturated rings. The van der Waals surface area contributed by atoms with Crippen LogP contribution in [-0.2, 0) is 24.0 Å². The highest BCUT2D eigenvalue weighted by atomic mass is 32.2. The van der Waals surface area contributed by atoms with Crippen molar-refractivity contribution in [3.8, 4) is 0 Å². The number of nitrogens with two attached hydrogens (primary N) is 1. The molecule has 128 valence electrons. The molecule has 0 saturated carbocycles. The van der Waals surface area contributed by atoms with Crippen LogP contribution in [-0.4, -0.2) is 58.9 Å². The first-order valence-electron chi connectivity index (χ1n) is 7.17. The maximum Gasteiger partial charge on any atom is 0.409 e. The minimum absolute atomic E-state index is 0.00424. The lowest BCUT2D eigenvalue weighted by atomic mass is 10.0. The number of hydrogen-bond donors (Lipinski definition) is 1. The van der Waals surface area contributed by atoms with E-state index in [1.54, 1.807) is 17.0 Å². The van der Waals surface area contributed by atoms with E-state index in [9.17, 15) is 13.2 Å². The van der Waals surface area contributed by atoms with Crippen molar-refractivity contribution in [2.45, 2.75) is 5.92 Å². The Balaban J connectivity index is 1.95. The van der Waals surface area contributed by atoms with Gasteiger partial charge in [0.2, 0.25) is 0 Å². The highest BCUT2D eigenvalue weighted by molar-refractivity contribution is 7.84. The molecule has 23 heavy (non-hydrogen) atoms. The zero-order chi connectivity index (χ0) is 16.7. The van der Waals surface area contributed by atoms with Crippen LogP contribution in [0.4, 0.5) is 4.79 Å². The summed E-state index contributed by atoms with van der Waals surface area (Å²) in [6, 6.07) is 9.06. The topological polar surface area (TPSA) is 108 Å². The van der Waals surface area contributed by atoms with Gasteiger partial charge in [-0.2, -0.15) is 8.42 Å². The first-order chi connectivity index (χ1) is 11.0. The Hall–Kier alpha value is -1.68. The molecule has 1 aromatic rings. The minimum Gasteiger partial charge on any atom is -0.449 e. The monoisotopic (exact) mass is 344 g/mol. The van der Waals surface area contributed by atoms with Crippen molar-refractivity contribution in [1.82, 2.24) is 4.90 Å². The number of carbonyl (C=O) groups is 1. The van der Waals surface area contributed by atoms with E-state index < -0.39 is 22.3 Å². The van der Waals surface area contributed by atoms with Crippen LogP contribution in [0, 0.1) is 0 Å². The summed E-state index contributed by atoms with van der Waals surface area (Å²) >= 11 is 0. The van der Waals surface area contributed by atoms with E-state index in [1.165, 1.54) is 0 Å². The number of hydrogen-bond acceptors (Lipinski definition) is 6. The van der Waals surface area contributed by atoms with Gasteiger partial charge >= 0.3 is 16.4 Å². The minimum atomic E-state index is -4.05. The van der Waals surface area contributed by atoms with Gasteiger partial charge in [-0.3, -0.25) is 4.18 Å². The second-order valence-electron chi connectivity index (χ2n) is 5.06. The Morgan fingerprint density at radius 1 is 1.22 bits per heavy atom.